The van der Waals surface area contributed by atoms with E-state index in [1.165, 1.54) is 7.11 Å². The van der Waals surface area contributed by atoms with Gasteiger partial charge in [0.15, 0.2) is 11.4 Å². The lowest BCUT2D eigenvalue weighted by atomic mass is 10.1. The standard InChI is InChI=1S/C12H11BrClNO3/c1-12(2)15-10(11(16)17-3)6-4-7(13)8(14)5-9(6)18-12/h4-5H,1-3H3. The van der Waals surface area contributed by atoms with E-state index in [0.29, 0.717) is 20.8 Å². The number of benzene rings is 1. The van der Waals surface area contributed by atoms with Gasteiger partial charge in [-0.1, -0.05) is 11.6 Å². The van der Waals surface area contributed by atoms with Crippen LogP contribution in [-0.2, 0) is 9.53 Å². The van der Waals surface area contributed by atoms with Gasteiger partial charge in [0.05, 0.1) is 17.7 Å². The van der Waals surface area contributed by atoms with Crippen LogP contribution in [0.3, 0.4) is 0 Å². The van der Waals surface area contributed by atoms with Gasteiger partial charge >= 0.3 is 5.97 Å². The number of aliphatic imine (C=N–C) groups is 1. The minimum Gasteiger partial charge on any atom is -0.466 e. The first-order valence-corrected chi connectivity index (χ1v) is 6.38. The SMILES string of the molecule is COC(=O)C1=NC(C)(C)Oc2cc(Cl)c(Br)cc21. The van der Waals surface area contributed by atoms with E-state index in [1.807, 2.05) is 0 Å². The fourth-order valence-corrected chi connectivity index (χ4v) is 2.17. The highest BCUT2D eigenvalue weighted by Crippen LogP contribution is 2.36. The molecule has 0 aliphatic carbocycles. The van der Waals surface area contributed by atoms with Gasteiger partial charge in [-0.25, -0.2) is 9.79 Å². The van der Waals surface area contributed by atoms with Crippen LogP contribution in [0.1, 0.15) is 19.4 Å². The average molecular weight is 333 g/mol. The predicted molar refractivity (Wildman–Crippen MR) is 72.4 cm³/mol. The highest BCUT2D eigenvalue weighted by atomic mass is 79.9. The summed E-state index contributed by atoms with van der Waals surface area (Å²) in [5.74, 6) is 0.0189. The van der Waals surface area contributed by atoms with Gasteiger partial charge in [-0.2, -0.15) is 0 Å². The molecule has 0 saturated carbocycles. The smallest absolute Gasteiger partial charge is 0.357 e. The summed E-state index contributed by atoms with van der Waals surface area (Å²) in [5.41, 5.74) is -0.0215. The molecule has 0 aromatic heterocycles. The lowest BCUT2D eigenvalue weighted by Gasteiger charge is -2.29. The Morgan fingerprint density at radius 3 is 2.78 bits per heavy atom. The zero-order valence-corrected chi connectivity index (χ0v) is 12.4. The second-order valence-electron chi connectivity index (χ2n) is 4.26. The van der Waals surface area contributed by atoms with E-state index in [2.05, 4.69) is 20.9 Å². The summed E-state index contributed by atoms with van der Waals surface area (Å²) < 4.78 is 11.1. The average Bonchev–Trinajstić information content (AvgIpc) is 2.28. The molecule has 0 unspecified atom stereocenters. The lowest BCUT2D eigenvalue weighted by Crippen LogP contribution is -2.35. The van der Waals surface area contributed by atoms with Gasteiger partial charge in [-0.05, 0) is 35.8 Å². The molecule has 6 heteroatoms. The Labute approximate surface area is 118 Å². The van der Waals surface area contributed by atoms with Crippen molar-refractivity contribution in [3.8, 4) is 5.75 Å². The van der Waals surface area contributed by atoms with Crippen molar-refractivity contribution >= 4 is 39.2 Å². The molecule has 18 heavy (non-hydrogen) atoms. The Morgan fingerprint density at radius 1 is 1.50 bits per heavy atom. The number of hydrogen-bond acceptors (Lipinski definition) is 4. The topological polar surface area (TPSA) is 47.9 Å². The third kappa shape index (κ3) is 2.37. The van der Waals surface area contributed by atoms with Crippen LogP contribution in [0.5, 0.6) is 5.75 Å². The maximum Gasteiger partial charge on any atom is 0.357 e. The predicted octanol–water partition coefficient (Wildman–Crippen LogP) is 3.19. The maximum absolute atomic E-state index is 11.8. The van der Waals surface area contributed by atoms with E-state index in [4.69, 9.17) is 21.1 Å². The van der Waals surface area contributed by atoms with E-state index < -0.39 is 11.7 Å². The van der Waals surface area contributed by atoms with E-state index in [-0.39, 0.29) is 5.71 Å². The van der Waals surface area contributed by atoms with Gasteiger partial charge in [0, 0.05) is 10.5 Å². The summed E-state index contributed by atoms with van der Waals surface area (Å²) in [6.07, 6.45) is 0. The number of ether oxygens (including phenoxy) is 2. The van der Waals surface area contributed by atoms with Crippen LogP contribution in [-0.4, -0.2) is 24.5 Å². The Morgan fingerprint density at radius 2 is 2.17 bits per heavy atom. The second kappa shape index (κ2) is 4.55. The number of fused-ring (bicyclic) bond motifs is 1. The van der Waals surface area contributed by atoms with E-state index in [0.717, 1.165) is 0 Å². The molecule has 96 valence electrons. The highest BCUT2D eigenvalue weighted by molar-refractivity contribution is 9.10. The molecule has 1 aliphatic heterocycles. The number of halogens is 2. The molecule has 4 nitrogen and oxygen atoms in total. The number of rotatable bonds is 1. The summed E-state index contributed by atoms with van der Waals surface area (Å²) in [6.45, 7) is 3.52. The van der Waals surface area contributed by atoms with Crippen molar-refractivity contribution in [2.75, 3.05) is 7.11 Å². The number of nitrogens with zero attached hydrogens (tertiary/aromatic N) is 1. The van der Waals surface area contributed by atoms with Gasteiger partial charge in [-0.3, -0.25) is 0 Å². The zero-order valence-electron chi connectivity index (χ0n) is 10.1. The first-order valence-electron chi connectivity index (χ1n) is 5.20. The molecular weight excluding hydrogens is 321 g/mol. The Hall–Kier alpha value is -1.07. The van der Waals surface area contributed by atoms with Crippen LogP contribution in [0.15, 0.2) is 21.6 Å². The summed E-state index contributed by atoms with van der Waals surface area (Å²) in [5, 5.41) is 0.510. The van der Waals surface area contributed by atoms with Gasteiger partial charge in [0.2, 0.25) is 0 Å². The van der Waals surface area contributed by atoms with Gasteiger partial charge in [0.25, 0.3) is 0 Å². The monoisotopic (exact) mass is 331 g/mol. The molecular formula is C12H11BrClNO3. The first-order chi connectivity index (χ1) is 8.34. The third-order valence-corrected chi connectivity index (χ3v) is 3.59. The van der Waals surface area contributed by atoms with Crippen molar-refractivity contribution in [3.05, 3.63) is 27.2 Å². The number of esters is 1. The molecule has 0 fully saturated rings. The van der Waals surface area contributed by atoms with E-state index in [9.17, 15) is 4.79 Å². The van der Waals surface area contributed by atoms with Crippen LogP contribution in [0, 0.1) is 0 Å². The second-order valence-corrected chi connectivity index (χ2v) is 5.52. The molecule has 2 rings (SSSR count). The van der Waals surface area contributed by atoms with Crippen LogP contribution in [0.25, 0.3) is 0 Å². The minimum absolute atomic E-state index is 0.237. The molecule has 0 bridgehead atoms. The van der Waals surface area contributed by atoms with Crippen molar-refractivity contribution < 1.29 is 14.3 Å². The minimum atomic E-state index is -0.826. The zero-order chi connectivity index (χ0) is 13.5. The molecule has 0 amide bonds. The van der Waals surface area contributed by atoms with Crippen molar-refractivity contribution in [2.45, 2.75) is 19.6 Å². The number of carbonyl (C=O) groups excluding carboxylic acids is 1. The van der Waals surface area contributed by atoms with Crippen LogP contribution in [0.4, 0.5) is 0 Å². The van der Waals surface area contributed by atoms with Crippen molar-refractivity contribution in [3.63, 3.8) is 0 Å². The molecule has 0 N–H and O–H groups in total. The fraction of sp³-hybridized carbons (Fsp3) is 0.333. The van der Waals surface area contributed by atoms with Gasteiger partial charge in [-0.15, -0.1) is 0 Å². The number of hydrogen-bond donors (Lipinski definition) is 0. The molecule has 1 aliphatic rings. The molecule has 0 radical (unpaired) electrons. The Balaban J connectivity index is 2.63. The summed E-state index contributed by atoms with van der Waals surface area (Å²) >= 11 is 9.32. The molecule has 1 aromatic rings. The Kier molecular flexibility index (Phi) is 3.38. The van der Waals surface area contributed by atoms with Crippen LogP contribution >= 0.6 is 27.5 Å². The van der Waals surface area contributed by atoms with Gasteiger partial charge < -0.3 is 9.47 Å². The molecule has 1 aromatic carbocycles. The quantitative estimate of drug-likeness (QED) is 0.742. The lowest BCUT2D eigenvalue weighted by molar-refractivity contribution is -0.132. The van der Waals surface area contributed by atoms with Crippen LogP contribution in [0.2, 0.25) is 5.02 Å². The third-order valence-electron chi connectivity index (χ3n) is 2.40. The van der Waals surface area contributed by atoms with Crippen molar-refractivity contribution in [2.24, 2.45) is 4.99 Å². The summed E-state index contributed by atoms with van der Waals surface area (Å²) in [7, 11) is 1.32. The molecule has 1 heterocycles. The van der Waals surface area contributed by atoms with Crippen molar-refractivity contribution in [1.82, 2.24) is 0 Å². The molecule has 0 spiro atoms. The Bertz CT molecular complexity index is 554. The van der Waals surface area contributed by atoms with Gasteiger partial charge in [0.1, 0.15) is 5.75 Å². The normalized spacial score (nSPS) is 16.4. The molecule has 0 saturated heterocycles. The van der Waals surface area contributed by atoms with Crippen molar-refractivity contribution in [1.29, 1.82) is 0 Å². The van der Waals surface area contributed by atoms with E-state index >= 15 is 0 Å². The number of methoxy groups -OCH3 is 1. The number of carbonyl (C=O) groups is 1. The fourth-order valence-electron chi connectivity index (χ4n) is 1.67. The maximum atomic E-state index is 11.8. The summed E-state index contributed by atoms with van der Waals surface area (Å²) in [4.78, 5) is 16.0. The van der Waals surface area contributed by atoms with Crippen LogP contribution < -0.4 is 4.74 Å². The highest BCUT2D eigenvalue weighted by Gasteiger charge is 2.32. The largest absolute Gasteiger partial charge is 0.466 e. The van der Waals surface area contributed by atoms with E-state index in [1.54, 1.807) is 26.0 Å². The summed E-state index contributed by atoms with van der Waals surface area (Å²) in [6, 6.07) is 3.35. The first kappa shape index (κ1) is 13.4. The molecule has 0 atom stereocenters.